The number of thiophene rings is 1. The number of carboxylic acids is 1. The SMILES string of the molecule is CCCc1cc2c(N3CCn4c(nnc4C(F)(F)F)C3)nc(NC(Cc3ccc(O)cc3)C(=O)O)nc2s1. The standard InChI is InChI=1S/C24H24F3N7O3S/c1-2-3-15-11-16-19(33-8-9-34-18(12-33)31-32-22(34)24(25,26)27)29-23(30-20(16)38-15)28-17(21(36)37)10-13-4-6-14(35)7-5-13/h4-7,11,17,35H,2-3,8-10,12H2,1H3,(H,36,37)(H,28,29,30). The lowest BCUT2D eigenvalue weighted by molar-refractivity contribution is -0.147. The Labute approximate surface area is 218 Å². The van der Waals surface area contributed by atoms with Crippen molar-refractivity contribution >= 4 is 39.3 Å². The molecular weight excluding hydrogens is 523 g/mol. The van der Waals surface area contributed by atoms with Crippen molar-refractivity contribution < 1.29 is 28.2 Å². The highest BCUT2D eigenvalue weighted by atomic mass is 32.1. The minimum atomic E-state index is -4.60. The number of aliphatic carboxylic acids is 1. The molecule has 4 aromatic rings. The number of fused-ring (bicyclic) bond motifs is 2. The van der Waals surface area contributed by atoms with Crippen LogP contribution in [0.1, 0.15) is 35.4 Å². The Morgan fingerprint density at radius 3 is 2.63 bits per heavy atom. The third-order valence-corrected chi connectivity index (χ3v) is 7.29. The van der Waals surface area contributed by atoms with E-state index in [0.29, 0.717) is 16.2 Å². The van der Waals surface area contributed by atoms with Gasteiger partial charge >= 0.3 is 12.1 Å². The van der Waals surface area contributed by atoms with Crippen molar-refractivity contribution in [3.05, 3.63) is 52.4 Å². The van der Waals surface area contributed by atoms with E-state index in [4.69, 9.17) is 0 Å². The predicted molar refractivity (Wildman–Crippen MR) is 134 cm³/mol. The molecule has 4 heterocycles. The highest BCUT2D eigenvalue weighted by Crippen LogP contribution is 2.35. The molecule has 0 amide bonds. The highest BCUT2D eigenvalue weighted by molar-refractivity contribution is 7.18. The van der Waals surface area contributed by atoms with E-state index in [-0.39, 0.29) is 43.6 Å². The maximum atomic E-state index is 13.3. The Hall–Kier alpha value is -3.94. The molecule has 1 atom stereocenters. The summed E-state index contributed by atoms with van der Waals surface area (Å²) >= 11 is 1.47. The van der Waals surface area contributed by atoms with Crippen molar-refractivity contribution in [1.82, 2.24) is 24.7 Å². The van der Waals surface area contributed by atoms with Gasteiger partial charge in [0.2, 0.25) is 11.8 Å². The summed E-state index contributed by atoms with van der Waals surface area (Å²) in [5.41, 5.74) is 0.696. The summed E-state index contributed by atoms with van der Waals surface area (Å²) in [4.78, 5) is 24.8. The Kier molecular flexibility index (Phi) is 6.82. The Balaban J connectivity index is 1.49. The molecule has 0 radical (unpaired) electrons. The van der Waals surface area contributed by atoms with Gasteiger partial charge in [0.1, 0.15) is 22.4 Å². The van der Waals surface area contributed by atoms with Gasteiger partial charge in [-0.15, -0.1) is 21.5 Å². The number of carboxylic acid groups (broad SMARTS) is 1. The lowest BCUT2D eigenvalue weighted by Gasteiger charge is -2.29. The van der Waals surface area contributed by atoms with Crippen LogP contribution in [0.5, 0.6) is 5.75 Å². The maximum absolute atomic E-state index is 13.3. The number of rotatable bonds is 8. The molecular formula is C24H24F3N7O3S. The molecule has 0 bridgehead atoms. The van der Waals surface area contributed by atoms with Crippen molar-refractivity contribution in [2.24, 2.45) is 0 Å². The molecule has 0 fully saturated rings. The van der Waals surface area contributed by atoms with E-state index in [1.165, 1.54) is 23.5 Å². The van der Waals surface area contributed by atoms with Gasteiger partial charge in [-0.3, -0.25) is 0 Å². The lowest BCUT2D eigenvalue weighted by Crippen LogP contribution is -2.36. The molecule has 0 aliphatic carbocycles. The highest BCUT2D eigenvalue weighted by Gasteiger charge is 2.39. The average molecular weight is 548 g/mol. The van der Waals surface area contributed by atoms with Crippen LogP contribution < -0.4 is 10.2 Å². The van der Waals surface area contributed by atoms with Crippen molar-refractivity contribution in [3.8, 4) is 5.75 Å². The summed E-state index contributed by atoms with van der Waals surface area (Å²) in [6.07, 6.45) is -2.74. The Bertz CT molecular complexity index is 1470. The Morgan fingerprint density at radius 1 is 1.18 bits per heavy atom. The first-order valence-electron chi connectivity index (χ1n) is 11.9. The Morgan fingerprint density at radius 2 is 1.95 bits per heavy atom. The number of aryl methyl sites for hydroxylation is 1. The third-order valence-electron chi connectivity index (χ3n) is 6.20. The first-order chi connectivity index (χ1) is 18.1. The van der Waals surface area contributed by atoms with E-state index in [2.05, 4.69) is 32.4 Å². The lowest BCUT2D eigenvalue weighted by atomic mass is 10.1. The summed E-state index contributed by atoms with van der Waals surface area (Å²) in [7, 11) is 0. The van der Waals surface area contributed by atoms with Crippen molar-refractivity contribution in [3.63, 3.8) is 0 Å². The molecule has 0 saturated heterocycles. The van der Waals surface area contributed by atoms with Gasteiger partial charge in [-0.05, 0) is 30.2 Å². The van der Waals surface area contributed by atoms with Gasteiger partial charge in [-0.25, -0.2) is 9.78 Å². The second-order valence-corrected chi connectivity index (χ2v) is 10.1. The van der Waals surface area contributed by atoms with Crippen LogP contribution in [0.25, 0.3) is 10.2 Å². The molecule has 3 aromatic heterocycles. The summed E-state index contributed by atoms with van der Waals surface area (Å²) in [5, 5.41) is 30.1. The number of nitrogens with one attached hydrogen (secondary N) is 1. The number of halogens is 3. The fourth-order valence-electron chi connectivity index (χ4n) is 4.40. The number of hydrogen-bond acceptors (Lipinski definition) is 9. The zero-order valence-corrected chi connectivity index (χ0v) is 21.1. The van der Waals surface area contributed by atoms with Crippen LogP contribution in [-0.4, -0.2) is 53.5 Å². The minimum Gasteiger partial charge on any atom is -0.508 e. The molecule has 1 aliphatic heterocycles. The van der Waals surface area contributed by atoms with Gasteiger partial charge in [0, 0.05) is 24.4 Å². The van der Waals surface area contributed by atoms with Gasteiger partial charge in [0.15, 0.2) is 5.82 Å². The molecule has 5 rings (SSSR count). The molecule has 1 unspecified atom stereocenters. The topological polar surface area (TPSA) is 129 Å². The van der Waals surface area contributed by atoms with Crippen molar-refractivity contribution in [2.45, 2.75) is 51.5 Å². The number of anilines is 2. The number of aromatic nitrogens is 5. The van der Waals surface area contributed by atoms with E-state index in [1.807, 2.05) is 11.0 Å². The molecule has 1 aliphatic rings. The minimum absolute atomic E-state index is 0.0238. The van der Waals surface area contributed by atoms with Crippen LogP contribution in [0, 0.1) is 0 Å². The quantitative estimate of drug-likeness (QED) is 0.299. The fraction of sp³-hybridized carbons (Fsp3) is 0.375. The van der Waals surface area contributed by atoms with Gasteiger partial charge in [0.25, 0.3) is 0 Å². The van der Waals surface area contributed by atoms with Crippen molar-refractivity contribution in [2.75, 3.05) is 16.8 Å². The fourth-order valence-corrected chi connectivity index (χ4v) is 5.53. The summed E-state index contributed by atoms with van der Waals surface area (Å²) in [6, 6.07) is 7.16. The summed E-state index contributed by atoms with van der Waals surface area (Å²) in [5.74, 6) is -1.29. The van der Waals surface area contributed by atoms with Gasteiger partial charge < -0.3 is 25.0 Å². The van der Waals surface area contributed by atoms with Gasteiger partial charge in [-0.2, -0.15) is 18.2 Å². The van der Waals surface area contributed by atoms with Gasteiger partial charge in [-0.1, -0.05) is 25.5 Å². The average Bonchev–Trinajstić information content (AvgIpc) is 3.48. The molecule has 0 saturated carbocycles. The number of nitrogens with zero attached hydrogens (tertiary/aromatic N) is 6. The first-order valence-corrected chi connectivity index (χ1v) is 12.8. The monoisotopic (exact) mass is 547 g/mol. The molecule has 200 valence electrons. The molecule has 0 spiro atoms. The first kappa shape index (κ1) is 25.7. The van der Waals surface area contributed by atoms with Crippen molar-refractivity contribution in [1.29, 1.82) is 0 Å². The number of phenolic OH excluding ortho intramolecular Hbond substituents is 1. The molecule has 3 N–H and O–H groups in total. The van der Waals surface area contributed by atoms with E-state index in [1.54, 1.807) is 12.1 Å². The van der Waals surface area contributed by atoms with E-state index >= 15 is 0 Å². The number of phenols is 1. The number of alkyl halides is 3. The van der Waals surface area contributed by atoms with E-state index < -0.39 is 24.0 Å². The van der Waals surface area contributed by atoms with Crippen LogP contribution >= 0.6 is 11.3 Å². The molecule has 38 heavy (non-hydrogen) atoms. The van der Waals surface area contributed by atoms with E-state index in [9.17, 15) is 28.2 Å². The van der Waals surface area contributed by atoms with Crippen LogP contribution in [0.4, 0.5) is 24.9 Å². The van der Waals surface area contributed by atoms with E-state index in [0.717, 1.165) is 27.7 Å². The number of carbonyl (C=O) groups is 1. The number of hydrogen-bond donors (Lipinski definition) is 3. The molecule has 1 aromatic carbocycles. The number of aromatic hydroxyl groups is 1. The second-order valence-electron chi connectivity index (χ2n) is 8.97. The third kappa shape index (κ3) is 5.21. The molecule has 10 nitrogen and oxygen atoms in total. The van der Waals surface area contributed by atoms with Gasteiger partial charge in [0.05, 0.1) is 11.9 Å². The van der Waals surface area contributed by atoms with Crippen LogP contribution in [0.15, 0.2) is 30.3 Å². The molecule has 14 heteroatoms. The summed E-state index contributed by atoms with van der Waals surface area (Å²) in [6.45, 7) is 2.37. The second kappa shape index (κ2) is 10.1. The smallest absolute Gasteiger partial charge is 0.451 e. The predicted octanol–water partition coefficient (Wildman–Crippen LogP) is 4.09. The zero-order valence-electron chi connectivity index (χ0n) is 20.2. The van der Waals surface area contributed by atoms with Crippen LogP contribution in [-0.2, 0) is 36.9 Å². The van der Waals surface area contributed by atoms with Crippen LogP contribution in [0.3, 0.4) is 0 Å². The number of benzene rings is 1. The van der Waals surface area contributed by atoms with Crippen LogP contribution in [0.2, 0.25) is 0 Å². The maximum Gasteiger partial charge on any atom is 0.451 e. The summed E-state index contributed by atoms with van der Waals surface area (Å²) < 4.78 is 41.0. The normalized spacial score (nSPS) is 14.5. The largest absolute Gasteiger partial charge is 0.508 e. The zero-order chi connectivity index (χ0) is 27.0.